The Balaban J connectivity index is 5.18. The predicted octanol–water partition coefficient (Wildman–Crippen LogP) is 4.19. The van der Waals surface area contributed by atoms with Gasteiger partial charge in [-0.25, -0.2) is 7.94 Å². The van der Waals surface area contributed by atoms with E-state index < -0.39 is 0 Å². The van der Waals surface area contributed by atoms with Crippen molar-refractivity contribution < 1.29 is 19.1 Å². The molecule has 0 aromatic heterocycles. The Morgan fingerprint density at radius 2 is 1.81 bits per heavy atom. The fourth-order valence-electron chi connectivity index (χ4n) is 2.59. The Morgan fingerprint density at radius 3 is 2.26 bits per heavy atom. The summed E-state index contributed by atoms with van der Waals surface area (Å²) in [7, 11) is 1.85. The average Bonchev–Trinajstić information content (AvgIpc) is 2.55. The maximum Gasteiger partial charge on any atom is 0.332 e. The minimum absolute atomic E-state index is 0.0549. The number of esters is 1. The Bertz CT molecular complexity index is 539. The largest absolute Gasteiger partial charge is 0.464 e. The first-order valence-electron chi connectivity index (χ1n) is 9.31. The van der Waals surface area contributed by atoms with Gasteiger partial charge in [-0.1, -0.05) is 40.7 Å². The van der Waals surface area contributed by atoms with Crippen LogP contribution in [0.3, 0.4) is 0 Å². The Morgan fingerprint density at radius 1 is 1.22 bits per heavy atom. The number of alkyl halides is 1. The van der Waals surface area contributed by atoms with E-state index in [9.17, 15) is 9.59 Å². The summed E-state index contributed by atoms with van der Waals surface area (Å²) in [6.45, 7) is 14.7. The number of halogens is 1. The first kappa shape index (κ1) is 26.2. The van der Waals surface area contributed by atoms with Gasteiger partial charge >= 0.3 is 5.97 Å². The number of rotatable bonds is 10. The van der Waals surface area contributed by atoms with E-state index in [1.165, 1.54) is 0 Å². The first-order chi connectivity index (χ1) is 12.4. The first-order valence-corrected chi connectivity index (χ1v) is 12.4. The normalized spacial score (nSPS) is 15.4. The molecule has 0 unspecified atom stereocenters. The average molecular weight is 496 g/mol. The molecule has 0 radical (unpaired) electrons. The van der Waals surface area contributed by atoms with Crippen molar-refractivity contribution in [3.8, 4) is 0 Å². The van der Waals surface area contributed by atoms with E-state index in [1.807, 2.05) is 14.0 Å². The van der Waals surface area contributed by atoms with Crippen molar-refractivity contribution in [2.45, 2.75) is 60.5 Å². The molecule has 0 rings (SSSR count). The Labute approximate surface area is 175 Å². The maximum atomic E-state index is 13.1. The Kier molecular flexibility index (Phi) is 12.2. The lowest BCUT2D eigenvalue weighted by Gasteiger charge is -2.35. The van der Waals surface area contributed by atoms with Gasteiger partial charge in [-0.15, -0.1) is 0 Å². The van der Waals surface area contributed by atoms with E-state index in [0.717, 1.165) is 5.57 Å². The number of amides is 1. The van der Waals surface area contributed by atoms with Crippen LogP contribution < -0.4 is 0 Å². The van der Waals surface area contributed by atoms with Crippen LogP contribution in [0.4, 0.5) is 0 Å². The molecule has 27 heavy (non-hydrogen) atoms. The minimum Gasteiger partial charge on any atom is -0.464 e. The van der Waals surface area contributed by atoms with Crippen molar-refractivity contribution in [3.05, 3.63) is 11.6 Å². The second-order valence-electron chi connectivity index (χ2n) is 8.03. The summed E-state index contributed by atoms with van der Waals surface area (Å²) >= 11 is -0.331. The van der Waals surface area contributed by atoms with E-state index in [4.69, 9.17) is 9.47 Å². The molecule has 0 aromatic rings. The van der Waals surface area contributed by atoms with E-state index in [-0.39, 0.29) is 62.9 Å². The quantitative estimate of drug-likeness (QED) is 0.197. The van der Waals surface area contributed by atoms with E-state index >= 15 is 0 Å². The number of likely N-dealkylation sites (N-methyl/N-ethyl adjacent to an activating group) is 1. The molecule has 0 aliphatic rings. The molecule has 158 valence electrons. The van der Waals surface area contributed by atoms with E-state index in [2.05, 4.69) is 48.8 Å². The molecule has 6 nitrogen and oxygen atoms in total. The third-order valence-electron chi connectivity index (χ3n) is 4.04. The standard InChI is InChI=1S/C20H37IN2O4/c1-10-27-17(24)13-26-12-15(4)11-16(14(2)3)23(9)19(25)18(22-21-8)20(5,6)7/h11,14,16,18H,10,12-13H2,1-9H3/b15-11+/t16-,18-/m1/s1. The van der Waals surface area contributed by atoms with Gasteiger partial charge in [-0.05, 0) is 56.7 Å². The number of ether oxygens (including phenoxy) is 2. The highest BCUT2D eigenvalue weighted by atomic mass is 127. The van der Waals surface area contributed by atoms with Gasteiger partial charge in [0.1, 0.15) is 12.6 Å². The molecule has 2 atom stereocenters. The lowest BCUT2D eigenvalue weighted by Crippen LogP contribution is -2.47. The van der Waals surface area contributed by atoms with Gasteiger partial charge in [-0.2, -0.15) is 0 Å². The summed E-state index contributed by atoms with van der Waals surface area (Å²) in [5.74, 6) is -0.0642. The van der Waals surface area contributed by atoms with Crippen LogP contribution in [0.15, 0.2) is 14.8 Å². The summed E-state index contributed by atoms with van der Waals surface area (Å²) in [4.78, 5) is 28.3. The monoisotopic (exact) mass is 496 g/mol. The lowest BCUT2D eigenvalue weighted by atomic mass is 9.86. The molecule has 0 bridgehead atoms. The predicted molar refractivity (Wildman–Crippen MR) is 118 cm³/mol. The van der Waals surface area contributed by atoms with Gasteiger partial charge in [0.25, 0.3) is 0 Å². The van der Waals surface area contributed by atoms with Gasteiger partial charge in [0, 0.05) is 7.05 Å². The second kappa shape index (κ2) is 12.6. The molecule has 0 saturated heterocycles. The van der Waals surface area contributed by atoms with Crippen LogP contribution in [-0.2, 0) is 19.1 Å². The maximum absolute atomic E-state index is 13.1. The summed E-state index contributed by atoms with van der Waals surface area (Å²) in [6, 6.07) is -0.380. The summed E-state index contributed by atoms with van der Waals surface area (Å²) in [5.41, 5.74) is 0.772. The third-order valence-corrected chi connectivity index (χ3v) is 5.15. The fraction of sp³-hybridized carbons (Fsp3) is 0.800. The highest BCUT2D eigenvalue weighted by Crippen LogP contribution is 2.27. The summed E-state index contributed by atoms with van der Waals surface area (Å²) in [5, 5.41) is 0. The van der Waals surface area contributed by atoms with Gasteiger partial charge in [0.05, 0.1) is 19.3 Å². The molecule has 0 saturated carbocycles. The van der Waals surface area contributed by atoms with Crippen molar-refractivity contribution in [3.63, 3.8) is 0 Å². The van der Waals surface area contributed by atoms with Crippen molar-refractivity contribution in [2.24, 2.45) is 14.5 Å². The van der Waals surface area contributed by atoms with Gasteiger partial charge < -0.3 is 14.4 Å². The zero-order valence-corrected chi connectivity index (χ0v) is 20.5. The van der Waals surface area contributed by atoms with Gasteiger partial charge in [0.15, 0.2) is 0 Å². The molecule has 1 amide bonds. The van der Waals surface area contributed by atoms with Crippen molar-refractivity contribution >= 4 is 32.9 Å². The molecule has 0 aromatic carbocycles. The number of nitrogens with zero attached hydrogens (tertiary/aromatic N) is 2. The van der Waals surface area contributed by atoms with Crippen LogP contribution in [0, 0.1) is 11.3 Å². The summed E-state index contributed by atoms with van der Waals surface area (Å²) < 4.78 is 14.9. The molecule has 0 fully saturated rings. The van der Waals surface area contributed by atoms with Crippen LogP contribution >= 0.6 is 21.0 Å². The van der Waals surface area contributed by atoms with Crippen LogP contribution in [-0.4, -0.2) is 60.7 Å². The lowest BCUT2D eigenvalue weighted by molar-refractivity contribution is -0.148. The third kappa shape index (κ3) is 9.78. The van der Waals surface area contributed by atoms with Gasteiger partial charge in [-0.3, -0.25) is 4.79 Å². The zero-order valence-electron chi connectivity index (χ0n) is 18.3. The molecule has 0 aliphatic heterocycles. The Hall–Kier alpha value is -0.830. The van der Waals surface area contributed by atoms with E-state index in [0.29, 0.717) is 13.2 Å². The number of hydrogen-bond donors (Lipinski definition) is 0. The summed E-state index contributed by atoms with van der Waals surface area (Å²) in [6.07, 6.45) is 2.05. The molecular formula is C20H37IN2O4. The fourth-order valence-corrected chi connectivity index (χ4v) is 4.22. The SMILES string of the molecule is CCOC(=O)COC/C(C)=C/[C@H](C(C)C)N(C)C(=O)[C@@H](N=IC)C(C)(C)C. The topological polar surface area (TPSA) is 68.2 Å². The van der Waals surface area contributed by atoms with Crippen molar-refractivity contribution in [1.29, 1.82) is 0 Å². The number of carbonyl (C=O) groups is 2. The molecular weight excluding hydrogens is 459 g/mol. The molecule has 7 heteroatoms. The molecule has 0 aliphatic carbocycles. The molecule has 0 N–H and O–H groups in total. The highest BCUT2D eigenvalue weighted by Gasteiger charge is 2.35. The van der Waals surface area contributed by atoms with E-state index in [1.54, 1.807) is 11.8 Å². The smallest absolute Gasteiger partial charge is 0.332 e. The highest BCUT2D eigenvalue weighted by molar-refractivity contribution is 14.2. The van der Waals surface area contributed by atoms with Crippen LogP contribution in [0.2, 0.25) is 0 Å². The van der Waals surface area contributed by atoms with Crippen LogP contribution in [0.25, 0.3) is 0 Å². The van der Waals surface area contributed by atoms with Crippen molar-refractivity contribution in [2.75, 3.05) is 31.8 Å². The van der Waals surface area contributed by atoms with Crippen LogP contribution in [0.1, 0.15) is 48.5 Å². The van der Waals surface area contributed by atoms with Crippen LogP contribution in [0.5, 0.6) is 0 Å². The number of hydrogen-bond acceptors (Lipinski definition) is 5. The molecule has 0 heterocycles. The number of carbonyl (C=O) groups excluding carboxylic acids is 2. The minimum atomic E-state index is -0.365. The second-order valence-corrected chi connectivity index (χ2v) is 9.55. The zero-order chi connectivity index (χ0) is 21.2. The van der Waals surface area contributed by atoms with Crippen molar-refractivity contribution in [1.82, 2.24) is 4.90 Å². The van der Waals surface area contributed by atoms with Gasteiger partial charge in [0.2, 0.25) is 5.91 Å². The molecule has 0 spiro atoms.